The van der Waals surface area contributed by atoms with Crippen LogP contribution in [-0.2, 0) is 12.1 Å². The van der Waals surface area contributed by atoms with Crippen LogP contribution >= 0.6 is 11.8 Å². The molecule has 0 radical (unpaired) electrons. The minimum Gasteiger partial charge on any atom is -0.276 e. The summed E-state index contributed by atoms with van der Waals surface area (Å²) in [6.07, 6.45) is 0. The van der Waals surface area contributed by atoms with Crippen molar-refractivity contribution in [2.45, 2.75) is 44.9 Å². The molecule has 1 aliphatic heterocycles. The SMILES string of the molecule is CCN1CSc2nc(-c3ccc(C(C)(C)C)cc3)c(C#N)c(=O)n2C1. The molecule has 2 aromatic rings. The Bertz CT molecular complexity index is 888. The first-order valence-electron chi connectivity index (χ1n) is 8.36. The van der Waals surface area contributed by atoms with Crippen molar-refractivity contribution < 1.29 is 0 Å². The zero-order chi connectivity index (χ0) is 18.2. The van der Waals surface area contributed by atoms with Gasteiger partial charge in [0.1, 0.15) is 11.6 Å². The fraction of sp³-hybridized carbons (Fsp3) is 0.421. The van der Waals surface area contributed by atoms with Crippen LogP contribution in [0.3, 0.4) is 0 Å². The number of fused-ring (bicyclic) bond motifs is 1. The molecule has 0 bridgehead atoms. The molecule has 0 spiro atoms. The standard InChI is InChI=1S/C19H22N4OS/c1-5-22-11-23-17(24)15(10-20)16(21-18(23)25-12-22)13-6-8-14(9-7-13)19(2,3)4/h6-9H,5,11-12H2,1-4H3. The Hall–Kier alpha value is -2.10. The van der Waals surface area contributed by atoms with Crippen molar-refractivity contribution in [3.8, 4) is 17.3 Å². The van der Waals surface area contributed by atoms with Crippen LogP contribution in [0.2, 0.25) is 0 Å². The molecule has 1 aromatic heterocycles. The fourth-order valence-electron chi connectivity index (χ4n) is 2.79. The summed E-state index contributed by atoms with van der Waals surface area (Å²) >= 11 is 1.54. The van der Waals surface area contributed by atoms with Gasteiger partial charge in [-0.1, -0.05) is 63.7 Å². The van der Waals surface area contributed by atoms with Gasteiger partial charge in [0.15, 0.2) is 5.16 Å². The van der Waals surface area contributed by atoms with Crippen molar-refractivity contribution in [1.29, 1.82) is 5.26 Å². The largest absolute Gasteiger partial charge is 0.276 e. The first kappa shape index (κ1) is 17.7. The fourth-order valence-corrected chi connectivity index (χ4v) is 3.80. The molecule has 0 saturated carbocycles. The monoisotopic (exact) mass is 354 g/mol. The van der Waals surface area contributed by atoms with Crippen LogP contribution < -0.4 is 5.56 Å². The average Bonchev–Trinajstić information content (AvgIpc) is 2.60. The summed E-state index contributed by atoms with van der Waals surface area (Å²) in [4.78, 5) is 19.6. The van der Waals surface area contributed by atoms with Crippen molar-refractivity contribution in [2.24, 2.45) is 0 Å². The Balaban J connectivity index is 2.10. The lowest BCUT2D eigenvalue weighted by Gasteiger charge is -2.28. The molecule has 130 valence electrons. The van der Waals surface area contributed by atoms with Crippen molar-refractivity contribution in [3.05, 3.63) is 45.7 Å². The number of aromatic nitrogens is 2. The van der Waals surface area contributed by atoms with Crippen molar-refractivity contribution in [1.82, 2.24) is 14.5 Å². The molecule has 0 aliphatic carbocycles. The van der Waals surface area contributed by atoms with Gasteiger partial charge in [-0.25, -0.2) is 4.98 Å². The molecule has 5 nitrogen and oxygen atoms in total. The second-order valence-electron chi connectivity index (χ2n) is 7.19. The van der Waals surface area contributed by atoms with Crippen molar-refractivity contribution in [3.63, 3.8) is 0 Å². The van der Waals surface area contributed by atoms with Gasteiger partial charge in [-0.3, -0.25) is 14.3 Å². The van der Waals surface area contributed by atoms with E-state index in [-0.39, 0.29) is 16.5 Å². The molecular formula is C19H22N4OS. The van der Waals surface area contributed by atoms with Crippen LogP contribution in [0, 0.1) is 11.3 Å². The zero-order valence-corrected chi connectivity index (χ0v) is 15.9. The van der Waals surface area contributed by atoms with Gasteiger partial charge < -0.3 is 0 Å². The molecule has 0 unspecified atom stereocenters. The molecule has 3 rings (SSSR count). The second-order valence-corrected chi connectivity index (χ2v) is 8.10. The van der Waals surface area contributed by atoms with Gasteiger partial charge in [-0.05, 0) is 17.5 Å². The number of thioether (sulfide) groups is 1. The number of nitriles is 1. The van der Waals surface area contributed by atoms with Gasteiger partial charge in [0.2, 0.25) is 0 Å². The lowest BCUT2D eigenvalue weighted by atomic mass is 9.86. The topological polar surface area (TPSA) is 61.9 Å². The highest BCUT2D eigenvalue weighted by molar-refractivity contribution is 7.99. The molecule has 0 atom stereocenters. The highest BCUT2D eigenvalue weighted by Gasteiger charge is 2.23. The smallest absolute Gasteiger partial charge is 0.273 e. The number of nitrogens with zero attached hydrogens (tertiary/aromatic N) is 4. The van der Waals surface area contributed by atoms with E-state index >= 15 is 0 Å². The van der Waals surface area contributed by atoms with Crippen molar-refractivity contribution >= 4 is 11.8 Å². The molecule has 25 heavy (non-hydrogen) atoms. The van der Waals surface area contributed by atoms with E-state index in [1.54, 1.807) is 4.57 Å². The molecule has 2 heterocycles. The summed E-state index contributed by atoms with van der Waals surface area (Å²) < 4.78 is 1.60. The summed E-state index contributed by atoms with van der Waals surface area (Å²) in [5.41, 5.74) is 2.41. The third kappa shape index (κ3) is 3.35. The number of hydrogen-bond donors (Lipinski definition) is 0. The highest BCUT2D eigenvalue weighted by Crippen LogP contribution is 2.29. The van der Waals surface area contributed by atoms with E-state index in [1.165, 1.54) is 17.3 Å². The molecular weight excluding hydrogens is 332 g/mol. The van der Waals surface area contributed by atoms with Gasteiger partial charge in [-0.2, -0.15) is 5.26 Å². The van der Waals surface area contributed by atoms with Gasteiger partial charge in [0.25, 0.3) is 5.56 Å². The summed E-state index contributed by atoms with van der Waals surface area (Å²) in [6, 6.07) is 10.1. The molecule has 0 amide bonds. The number of hydrogen-bond acceptors (Lipinski definition) is 5. The highest BCUT2D eigenvalue weighted by atomic mass is 32.2. The molecule has 0 fully saturated rings. The Kier molecular flexibility index (Phi) is 4.72. The third-order valence-electron chi connectivity index (χ3n) is 4.44. The van der Waals surface area contributed by atoms with Gasteiger partial charge >= 0.3 is 0 Å². The van der Waals surface area contributed by atoms with Crippen LogP contribution in [0.15, 0.2) is 34.2 Å². The minimum absolute atomic E-state index is 0.0544. The Morgan fingerprint density at radius 2 is 1.96 bits per heavy atom. The normalized spacial score (nSPS) is 14.8. The lowest BCUT2D eigenvalue weighted by Crippen LogP contribution is -2.38. The average molecular weight is 354 g/mol. The van der Waals surface area contributed by atoms with E-state index in [0.29, 0.717) is 17.5 Å². The van der Waals surface area contributed by atoms with Gasteiger partial charge in [-0.15, -0.1) is 0 Å². The first-order valence-corrected chi connectivity index (χ1v) is 9.34. The van der Waals surface area contributed by atoms with E-state index in [0.717, 1.165) is 18.0 Å². The van der Waals surface area contributed by atoms with Crippen LogP contribution in [0.25, 0.3) is 11.3 Å². The minimum atomic E-state index is -0.256. The second kappa shape index (κ2) is 6.66. The third-order valence-corrected chi connectivity index (χ3v) is 5.50. The maximum Gasteiger partial charge on any atom is 0.273 e. The van der Waals surface area contributed by atoms with Crippen molar-refractivity contribution in [2.75, 3.05) is 12.4 Å². The molecule has 6 heteroatoms. The van der Waals surface area contributed by atoms with Gasteiger partial charge in [0, 0.05) is 5.56 Å². The Morgan fingerprint density at radius 1 is 1.28 bits per heavy atom. The number of benzene rings is 1. The van der Waals surface area contributed by atoms with Crippen LogP contribution in [-0.4, -0.2) is 26.9 Å². The van der Waals surface area contributed by atoms with Crippen LogP contribution in [0.4, 0.5) is 0 Å². The van der Waals surface area contributed by atoms with Gasteiger partial charge in [0.05, 0.1) is 18.2 Å². The summed E-state index contributed by atoms with van der Waals surface area (Å²) in [6.45, 7) is 9.87. The summed E-state index contributed by atoms with van der Waals surface area (Å²) in [5, 5.41) is 10.2. The molecule has 1 aliphatic rings. The Morgan fingerprint density at radius 3 is 2.52 bits per heavy atom. The zero-order valence-electron chi connectivity index (χ0n) is 15.0. The van der Waals surface area contributed by atoms with Crippen LogP contribution in [0.1, 0.15) is 38.8 Å². The summed E-state index contributed by atoms with van der Waals surface area (Å²) in [7, 11) is 0. The molecule has 1 aromatic carbocycles. The summed E-state index contributed by atoms with van der Waals surface area (Å²) in [5.74, 6) is 0.803. The van der Waals surface area contributed by atoms with E-state index in [9.17, 15) is 10.1 Å². The predicted octanol–water partition coefficient (Wildman–Crippen LogP) is 3.42. The van der Waals surface area contributed by atoms with E-state index in [4.69, 9.17) is 0 Å². The molecule has 0 saturated heterocycles. The quantitative estimate of drug-likeness (QED) is 0.773. The Labute approximate surface area is 152 Å². The molecule has 0 N–H and O–H groups in total. The van der Waals surface area contributed by atoms with E-state index in [1.807, 2.05) is 24.3 Å². The number of rotatable bonds is 2. The maximum absolute atomic E-state index is 12.8. The first-order chi connectivity index (χ1) is 11.8. The maximum atomic E-state index is 12.8. The van der Waals surface area contributed by atoms with E-state index in [2.05, 4.69) is 43.6 Å². The lowest BCUT2D eigenvalue weighted by molar-refractivity contribution is 0.242. The van der Waals surface area contributed by atoms with E-state index < -0.39 is 0 Å². The predicted molar refractivity (Wildman–Crippen MR) is 100 cm³/mol. The van der Waals surface area contributed by atoms with Crippen LogP contribution in [0.5, 0.6) is 0 Å².